The number of nitrogens with zero attached hydrogens (tertiary/aromatic N) is 1. The van der Waals surface area contributed by atoms with Crippen molar-refractivity contribution in [1.29, 1.82) is 0 Å². The third-order valence-corrected chi connectivity index (χ3v) is 2.23. The van der Waals surface area contributed by atoms with Crippen LogP contribution in [0.15, 0.2) is 5.16 Å². The summed E-state index contributed by atoms with van der Waals surface area (Å²) in [4.78, 5) is 16.5. The Hall–Kier alpha value is -1.01. The Morgan fingerprint density at radius 3 is 2.82 bits per heavy atom. The maximum Gasteiger partial charge on any atom is 0.408 e. The molecule has 0 aromatic heterocycles. The highest BCUT2D eigenvalue weighted by atomic mass is 35.5. The van der Waals surface area contributed by atoms with Crippen molar-refractivity contribution in [1.82, 2.24) is 5.32 Å². The van der Waals surface area contributed by atoms with E-state index in [2.05, 4.69) is 10.5 Å². The summed E-state index contributed by atoms with van der Waals surface area (Å²) in [6.45, 7) is 5.00. The van der Waals surface area contributed by atoms with Crippen LogP contribution in [0.4, 0.5) is 4.79 Å². The van der Waals surface area contributed by atoms with Crippen molar-refractivity contribution in [2.75, 3.05) is 6.61 Å². The Morgan fingerprint density at radius 1 is 1.76 bits per heavy atom. The molecule has 1 aliphatic rings. The average molecular weight is 265 g/mol. The summed E-state index contributed by atoms with van der Waals surface area (Å²) >= 11 is 5.65. The number of hydrogen-bond acceptors (Lipinski definition) is 5. The number of alkyl carbamates (subject to hydrolysis) is 1. The molecule has 0 fully saturated rings. The summed E-state index contributed by atoms with van der Waals surface area (Å²) in [5, 5.41) is 15.6. The summed E-state index contributed by atoms with van der Waals surface area (Å²) in [5.41, 5.74) is -0.589. The molecule has 0 bridgehead atoms. The van der Waals surface area contributed by atoms with Crippen LogP contribution >= 0.6 is 11.6 Å². The molecule has 0 aromatic rings. The number of hydrogen-bond donors (Lipinski definition) is 2. The zero-order valence-corrected chi connectivity index (χ0v) is 10.8. The molecule has 2 N–H and O–H groups in total. The third-order valence-electron chi connectivity index (χ3n) is 2.00. The highest BCUT2D eigenvalue weighted by molar-refractivity contribution is 6.65. The highest BCUT2D eigenvalue weighted by Crippen LogP contribution is 2.16. The minimum absolute atomic E-state index is 0.274. The van der Waals surface area contributed by atoms with Gasteiger partial charge >= 0.3 is 6.09 Å². The second-order valence-electron chi connectivity index (χ2n) is 4.75. The molecule has 0 unspecified atom stereocenters. The number of carbonyl (C=O) groups is 1. The molecule has 0 saturated heterocycles. The van der Waals surface area contributed by atoms with Gasteiger partial charge < -0.3 is 20.0 Å². The predicted molar refractivity (Wildman–Crippen MR) is 63.0 cm³/mol. The number of carbonyl (C=O) groups excluding carboxylic acids is 1. The Balaban J connectivity index is 2.45. The molecule has 0 aromatic carbocycles. The molecule has 1 amide bonds. The molecule has 0 saturated carbocycles. The zero-order valence-electron chi connectivity index (χ0n) is 10.1. The minimum atomic E-state index is -0.608. The summed E-state index contributed by atoms with van der Waals surface area (Å²) in [6, 6.07) is -0.593. The lowest BCUT2D eigenvalue weighted by Gasteiger charge is -2.24. The normalized spacial score (nSPS) is 21.5. The van der Waals surface area contributed by atoms with E-state index in [-0.39, 0.29) is 6.61 Å². The van der Waals surface area contributed by atoms with Gasteiger partial charge in [0.1, 0.15) is 10.8 Å². The van der Waals surface area contributed by atoms with Crippen LogP contribution in [0, 0.1) is 0 Å². The van der Waals surface area contributed by atoms with E-state index in [9.17, 15) is 9.90 Å². The van der Waals surface area contributed by atoms with E-state index < -0.39 is 23.8 Å². The fourth-order valence-electron chi connectivity index (χ4n) is 1.30. The van der Waals surface area contributed by atoms with Crippen molar-refractivity contribution in [2.45, 2.75) is 44.9 Å². The van der Waals surface area contributed by atoms with Gasteiger partial charge in [-0.05, 0) is 20.8 Å². The molecule has 7 heteroatoms. The van der Waals surface area contributed by atoms with Crippen LogP contribution in [0.1, 0.15) is 27.2 Å². The lowest BCUT2D eigenvalue weighted by Crippen LogP contribution is -2.47. The Kier molecular flexibility index (Phi) is 4.59. The van der Waals surface area contributed by atoms with Gasteiger partial charge in [-0.25, -0.2) is 4.79 Å². The second kappa shape index (κ2) is 5.55. The van der Waals surface area contributed by atoms with Crippen LogP contribution in [0.5, 0.6) is 0 Å². The minimum Gasteiger partial charge on any atom is -0.444 e. The number of halogens is 1. The monoisotopic (exact) mass is 264 g/mol. The Labute approximate surface area is 105 Å². The van der Waals surface area contributed by atoms with Crippen LogP contribution < -0.4 is 5.32 Å². The average Bonchev–Trinajstić information content (AvgIpc) is 2.58. The topological polar surface area (TPSA) is 80.2 Å². The highest BCUT2D eigenvalue weighted by Gasteiger charge is 2.31. The van der Waals surface area contributed by atoms with Crippen LogP contribution in [0.25, 0.3) is 0 Å². The van der Waals surface area contributed by atoms with Gasteiger partial charge in [0.2, 0.25) is 0 Å². The summed E-state index contributed by atoms with van der Waals surface area (Å²) in [6.07, 6.45) is -0.703. The molecule has 0 radical (unpaired) electrons. The van der Waals surface area contributed by atoms with Crippen molar-refractivity contribution >= 4 is 22.9 Å². The van der Waals surface area contributed by atoms with Gasteiger partial charge in [0, 0.05) is 6.42 Å². The Morgan fingerprint density at radius 2 is 2.41 bits per heavy atom. The van der Waals surface area contributed by atoms with E-state index in [0.29, 0.717) is 11.6 Å². The first kappa shape index (κ1) is 14.1. The number of oxime groups is 1. The van der Waals surface area contributed by atoms with Crippen LogP contribution in [-0.2, 0) is 9.57 Å². The first-order valence-corrected chi connectivity index (χ1v) is 5.68. The van der Waals surface area contributed by atoms with Crippen LogP contribution in [0.3, 0.4) is 0 Å². The SMILES string of the molecule is CC(C)(C)OC(=O)N[C@@H](CO)[C@H]1CC(Cl)=NO1. The van der Waals surface area contributed by atoms with Crippen LogP contribution in [-0.4, -0.2) is 40.7 Å². The first-order valence-electron chi connectivity index (χ1n) is 5.30. The van der Waals surface area contributed by atoms with Crippen LogP contribution in [0.2, 0.25) is 0 Å². The van der Waals surface area contributed by atoms with Gasteiger partial charge in [0.05, 0.1) is 12.6 Å². The van der Waals surface area contributed by atoms with E-state index in [0.717, 1.165) is 0 Å². The fourth-order valence-corrected chi connectivity index (χ4v) is 1.49. The number of aliphatic hydroxyl groups excluding tert-OH is 1. The number of nitrogens with one attached hydrogen (secondary N) is 1. The summed E-state index contributed by atoms with van der Waals surface area (Å²) in [7, 11) is 0. The molecular weight excluding hydrogens is 248 g/mol. The molecule has 2 atom stereocenters. The van der Waals surface area contributed by atoms with Crippen molar-refractivity contribution in [3.8, 4) is 0 Å². The number of aliphatic hydroxyl groups is 1. The van der Waals surface area contributed by atoms with E-state index in [1.165, 1.54) is 0 Å². The quantitative estimate of drug-likeness (QED) is 0.803. The lowest BCUT2D eigenvalue weighted by molar-refractivity contribution is 0.0178. The molecule has 1 heterocycles. The van der Waals surface area contributed by atoms with Crippen molar-refractivity contribution in [2.24, 2.45) is 5.16 Å². The predicted octanol–water partition coefficient (Wildman–Crippen LogP) is 1.21. The van der Waals surface area contributed by atoms with E-state index in [1.807, 2.05) is 0 Å². The van der Waals surface area contributed by atoms with Crippen molar-refractivity contribution in [3.05, 3.63) is 0 Å². The molecule has 1 aliphatic heterocycles. The van der Waals surface area contributed by atoms with E-state index in [1.54, 1.807) is 20.8 Å². The fraction of sp³-hybridized carbons (Fsp3) is 0.800. The van der Waals surface area contributed by atoms with Gasteiger partial charge in [0.15, 0.2) is 6.10 Å². The standard InChI is InChI=1S/C10H17ClN2O4/c1-10(2,3)16-9(15)12-6(5-14)7-4-8(11)13-17-7/h6-7,14H,4-5H2,1-3H3,(H,12,15)/t6-,7+/m0/s1. The first-order chi connectivity index (χ1) is 7.81. The molecule has 0 spiro atoms. The third kappa shape index (κ3) is 4.79. The molecule has 1 rings (SSSR count). The van der Waals surface area contributed by atoms with Crippen molar-refractivity contribution in [3.63, 3.8) is 0 Å². The molecule has 17 heavy (non-hydrogen) atoms. The number of rotatable bonds is 3. The molecule has 98 valence electrons. The van der Waals surface area contributed by atoms with Gasteiger partial charge in [-0.15, -0.1) is 0 Å². The maximum atomic E-state index is 11.5. The van der Waals surface area contributed by atoms with E-state index in [4.69, 9.17) is 21.2 Å². The lowest BCUT2D eigenvalue weighted by atomic mass is 10.1. The maximum absolute atomic E-state index is 11.5. The smallest absolute Gasteiger partial charge is 0.408 e. The van der Waals surface area contributed by atoms with Crippen molar-refractivity contribution < 1.29 is 19.5 Å². The molecule has 6 nitrogen and oxygen atoms in total. The number of amides is 1. The summed E-state index contributed by atoms with van der Waals surface area (Å²) < 4.78 is 5.07. The second-order valence-corrected chi connectivity index (χ2v) is 5.19. The number of ether oxygens (including phenoxy) is 1. The Bertz CT molecular complexity index is 314. The van der Waals surface area contributed by atoms with Gasteiger partial charge in [-0.2, -0.15) is 0 Å². The van der Waals surface area contributed by atoms with E-state index >= 15 is 0 Å². The zero-order chi connectivity index (χ0) is 13.1. The summed E-state index contributed by atoms with van der Waals surface area (Å²) in [5.74, 6) is 0. The van der Waals surface area contributed by atoms with Gasteiger partial charge in [-0.1, -0.05) is 16.8 Å². The largest absolute Gasteiger partial charge is 0.444 e. The molecular formula is C10H17ClN2O4. The van der Waals surface area contributed by atoms with Gasteiger partial charge in [0.25, 0.3) is 0 Å². The molecule has 0 aliphatic carbocycles. The van der Waals surface area contributed by atoms with Gasteiger partial charge in [-0.3, -0.25) is 0 Å².